The van der Waals surface area contributed by atoms with E-state index >= 15 is 0 Å². The molecule has 506 valence electrons. The summed E-state index contributed by atoms with van der Waals surface area (Å²) in [4.78, 5) is 90.8. The quantitative estimate of drug-likeness (QED) is 0.0283. The summed E-state index contributed by atoms with van der Waals surface area (Å²) >= 11 is 0. The van der Waals surface area contributed by atoms with E-state index in [2.05, 4.69) is 106 Å². The van der Waals surface area contributed by atoms with Crippen LogP contribution in [-0.4, -0.2) is 147 Å². The number of hydrogen-bond donors (Lipinski definition) is 7. The second kappa shape index (κ2) is 34.6. The molecule has 1 atom stereocenters. The van der Waals surface area contributed by atoms with Crippen LogP contribution in [0.1, 0.15) is 231 Å². The molecule has 18 nitrogen and oxygen atoms in total. The zero-order valence-electron chi connectivity index (χ0n) is 60.2. The van der Waals surface area contributed by atoms with E-state index in [0.29, 0.717) is 72.4 Å². The average Bonchev–Trinajstić information content (AvgIpc) is 2.91. The van der Waals surface area contributed by atoms with Gasteiger partial charge < -0.3 is 56.2 Å². The fraction of sp³-hybridized carbons (Fsp3) is 0.897. The normalized spacial score (nSPS) is 14.0. The van der Waals surface area contributed by atoms with Gasteiger partial charge >= 0.3 is 0 Å². The van der Waals surface area contributed by atoms with Gasteiger partial charge in [0.15, 0.2) is 5.81 Å². The molecule has 0 rings (SSSR count). The minimum absolute atomic E-state index is 0.0154. The van der Waals surface area contributed by atoms with E-state index in [1.807, 2.05) is 111 Å². The predicted molar refractivity (Wildman–Crippen MR) is 353 cm³/mol. The molecule has 0 aromatic heterocycles. The molecule has 0 aromatic carbocycles. The topological polar surface area (TPSA) is 241 Å². The molecule has 0 aromatic rings. The van der Waals surface area contributed by atoms with E-state index in [1.54, 1.807) is 0 Å². The minimum Gasteiger partial charge on any atom is -0.380 e. The number of rotatable bonds is 43. The first kappa shape index (κ1) is 83.2. The molecule has 7 amide bonds. The van der Waals surface area contributed by atoms with Gasteiger partial charge in [-0.05, 0) is 53.8 Å². The van der Waals surface area contributed by atoms with Crippen LogP contribution in [0, 0.1) is 65.0 Å². The van der Waals surface area contributed by atoms with Crippen molar-refractivity contribution in [3.63, 3.8) is 0 Å². The Hall–Kier alpha value is -3.81. The van der Waals surface area contributed by atoms with Gasteiger partial charge in [0.05, 0.1) is 52.9 Å². The molecule has 0 aliphatic heterocycles. The number of amides is 7. The zero-order valence-corrected chi connectivity index (χ0v) is 60.2. The fourth-order valence-electron chi connectivity index (χ4n) is 8.80. The van der Waals surface area contributed by atoms with Crippen molar-refractivity contribution < 1.29 is 52.5 Å². The highest BCUT2D eigenvalue weighted by molar-refractivity contribution is 6.57. The largest absolute Gasteiger partial charge is 0.380 e. The van der Waals surface area contributed by atoms with Crippen molar-refractivity contribution in [2.45, 2.75) is 237 Å². The summed E-state index contributed by atoms with van der Waals surface area (Å²) in [6, 6.07) is -1.05. The lowest BCUT2D eigenvalue weighted by molar-refractivity contribution is -0.131. The van der Waals surface area contributed by atoms with E-state index in [9.17, 15) is 33.6 Å². The van der Waals surface area contributed by atoms with Crippen LogP contribution in [0.2, 0.25) is 0 Å². The highest BCUT2D eigenvalue weighted by Crippen LogP contribution is 2.33. The van der Waals surface area contributed by atoms with Gasteiger partial charge in [0.25, 0.3) is 0 Å². The molecule has 87 heavy (non-hydrogen) atoms. The van der Waals surface area contributed by atoms with Gasteiger partial charge in [-0.25, -0.2) is 0 Å². The third kappa shape index (κ3) is 41.3. The molecule has 0 unspecified atom stereocenters. The van der Waals surface area contributed by atoms with Gasteiger partial charge in [-0.3, -0.25) is 33.6 Å². The first-order chi connectivity index (χ1) is 39.0. The smallest absolute Gasteiger partial charge is 0.242 e. The Morgan fingerprint density at radius 1 is 0.333 bits per heavy atom. The second-order valence-corrected chi connectivity index (χ2v) is 35.5. The van der Waals surface area contributed by atoms with Crippen molar-refractivity contribution in [3.05, 3.63) is 0 Å². The van der Waals surface area contributed by atoms with Crippen molar-refractivity contribution in [2.75, 3.05) is 92.1 Å². The van der Waals surface area contributed by atoms with Gasteiger partial charge in [0.2, 0.25) is 43.3 Å². The summed E-state index contributed by atoms with van der Waals surface area (Å²) in [5.41, 5.74) is -3.74. The molecule has 0 heterocycles. The van der Waals surface area contributed by atoms with Crippen LogP contribution in [0.25, 0.3) is 0 Å². The van der Waals surface area contributed by atoms with Crippen LogP contribution in [0.5, 0.6) is 0 Å². The van der Waals surface area contributed by atoms with Crippen LogP contribution in [0.15, 0.2) is 0 Å². The lowest BCUT2D eigenvalue weighted by Gasteiger charge is -2.32. The Morgan fingerprint density at radius 2 is 0.586 bits per heavy atom. The molecule has 0 aliphatic carbocycles. The maximum atomic E-state index is 13.4. The molecule has 0 fully saturated rings. The Balaban J connectivity index is 4.86. The van der Waals surface area contributed by atoms with Crippen LogP contribution in [-0.2, 0) is 47.7 Å². The van der Waals surface area contributed by atoms with Crippen LogP contribution >= 0.6 is 0 Å². The third-order valence-electron chi connectivity index (χ3n) is 15.2. The summed E-state index contributed by atoms with van der Waals surface area (Å²) in [5, 5.41) is 20.7. The standard InChI is InChI=1S/C68H130BN7O11/c1-57(2,3)29-31-67(23,24)54(81)74-39-65(19,20)47-86-44-62(13,14)36-71-51(78)33-59(7,8)41-84-43-61(11,12)35-70-50(77)28-27-49(76-56(69)83)53(80)73-38-64(17,18)46-85-42-60(9,10)34-52(79)72-37-63(15,16)45-87-48-66(21,22)40-75-55(82)68(25,26)32-30-58(4,5)6/h49H,27-48H2,1-26H3,(H,70,77)(H,71,78)(H,72,79)(H,73,80)(H,74,81)(H,75,82)(H,76,83)/t49-/m0/s1. The van der Waals surface area contributed by atoms with Crippen molar-refractivity contribution in [1.82, 2.24) is 37.2 Å². The zero-order chi connectivity index (χ0) is 68.0. The molecular weight excluding hydrogens is 1100 g/mol. The third-order valence-corrected chi connectivity index (χ3v) is 15.2. The molecule has 0 saturated carbocycles. The van der Waals surface area contributed by atoms with Gasteiger partial charge in [0, 0.05) is 102 Å². The van der Waals surface area contributed by atoms with Gasteiger partial charge in [0.1, 0.15) is 6.04 Å². The summed E-state index contributed by atoms with van der Waals surface area (Å²) in [5.74, 6) is -1.77. The first-order valence-corrected chi connectivity index (χ1v) is 32.0. The van der Waals surface area contributed by atoms with Crippen molar-refractivity contribution in [3.8, 4) is 0 Å². The highest BCUT2D eigenvalue weighted by Gasteiger charge is 2.35. The summed E-state index contributed by atoms with van der Waals surface area (Å²) in [6.45, 7) is 58.6. The van der Waals surface area contributed by atoms with Crippen molar-refractivity contribution in [1.29, 1.82) is 0 Å². The summed E-state index contributed by atoms with van der Waals surface area (Å²) < 4.78 is 24.5. The first-order valence-electron chi connectivity index (χ1n) is 32.0. The minimum atomic E-state index is -1.05. The van der Waals surface area contributed by atoms with E-state index in [1.165, 1.54) is 0 Å². The molecular formula is C68H130BN7O11. The number of carbonyl (C=O) groups excluding carboxylic acids is 7. The number of hydrogen-bond acceptors (Lipinski definition) is 11. The number of ether oxygens (including phenoxy) is 4. The van der Waals surface area contributed by atoms with Crippen LogP contribution in [0.4, 0.5) is 4.79 Å². The predicted octanol–water partition coefficient (Wildman–Crippen LogP) is 10.5. The number of nitrogens with one attached hydrogen (secondary N) is 7. The average molecular weight is 1230 g/mol. The number of carbonyl (C=O) groups is 7. The van der Waals surface area contributed by atoms with E-state index in [0.717, 1.165) is 25.7 Å². The monoisotopic (exact) mass is 1230 g/mol. The van der Waals surface area contributed by atoms with Gasteiger partial charge in [-0.2, -0.15) is 0 Å². The Kier molecular flexibility index (Phi) is 33.1. The molecule has 7 N–H and O–H groups in total. The highest BCUT2D eigenvalue weighted by atomic mass is 16.5. The maximum absolute atomic E-state index is 13.4. The molecule has 0 aliphatic rings. The molecule has 0 spiro atoms. The van der Waals surface area contributed by atoms with E-state index in [4.69, 9.17) is 26.8 Å². The molecule has 2 radical (unpaired) electrons. The lowest BCUT2D eigenvalue weighted by Crippen LogP contribution is -2.49. The maximum Gasteiger partial charge on any atom is 0.242 e. The summed E-state index contributed by atoms with van der Waals surface area (Å²) in [6.07, 6.45) is 4.01. The van der Waals surface area contributed by atoms with E-state index in [-0.39, 0.29) is 107 Å². The van der Waals surface area contributed by atoms with Crippen molar-refractivity contribution in [2.24, 2.45) is 65.0 Å². The van der Waals surface area contributed by atoms with Crippen molar-refractivity contribution >= 4 is 49.1 Å². The second-order valence-electron chi connectivity index (χ2n) is 35.5. The molecule has 0 bridgehead atoms. The SMILES string of the molecule is [B]C(=O)N[C@@H](CCC(=O)NCC(C)(C)COCC(C)(C)CC(=O)NCC(C)(C)COCC(C)(C)CNC(=O)C(C)(C)CCC(C)(C)C)C(=O)NCC(C)(C)COCC(C)(C)CC(=O)NCC(C)(C)COCC(C)(C)CNC(=O)C(C)(C)CCC(C)(C)C. The van der Waals surface area contributed by atoms with Crippen LogP contribution in [0.3, 0.4) is 0 Å². The summed E-state index contributed by atoms with van der Waals surface area (Å²) in [7, 11) is 5.45. The Bertz CT molecular complexity index is 2170. The fourth-order valence-corrected chi connectivity index (χ4v) is 8.80. The van der Waals surface area contributed by atoms with Gasteiger partial charge in [-0.1, -0.05) is 180 Å². The molecule has 19 heteroatoms. The van der Waals surface area contributed by atoms with Crippen LogP contribution < -0.4 is 37.2 Å². The Labute approximate surface area is 531 Å². The molecule has 0 saturated heterocycles. The Morgan fingerprint density at radius 3 is 0.862 bits per heavy atom. The van der Waals surface area contributed by atoms with Gasteiger partial charge in [-0.15, -0.1) is 0 Å². The van der Waals surface area contributed by atoms with E-state index < -0.39 is 50.2 Å². The lowest BCUT2D eigenvalue weighted by atomic mass is 9.79.